The van der Waals surface area contributed by atoms with Gasteiger partial charge in [-0.05, 0) is 16.2 Å². The maximum absolute atomic E-state index is 12.3. The van der Waals surface area contributed by atoms with Gasteiger partial charge in [0.25, 0.3) is 0 Å². The number of hydrogen-bond donors (Lipinski definition) is 0. The van der Waals surface area contributed by atoms with Crippen LogP contribution in [0.1, 0.15) is 0 Å². The molecule has 0 fully saturated rings. The third-order valence-corrected chi connectivity index (χ3v) is 6.24. The molecule has 0 aromatic carbocycles. The summed E-state index contributed by atoms with van der Waals surface area (Å²) in [5.41, 5.74) is 0. The van der Waals surface area contributed by atoms with Crippen LogP contribution in [0.5, 0.6) is 0 Å². The highest BCUT2D eigenvalue weighted by Crippen LogP contribution is 2.53. The molecule has 0 amide bonds. The van der Waals surface area contributed by atoms with Gasteiger partial charge in [-0.3, -0.25) is 4.79 Å². The molecule has 0 spiro atoms. The van der Waals surface area contributed by atoms with E-state index in [0.717, 1.165) is 8.47 Å². The largest absolute Gasteiger partial charge is 0.339 e. The van der Waals surface area contributed by atoms with E-state index in [0.29, 0.717) is 0 Å². The lowest BCUT2D eigenvalue weighted by Gasteiger charge is -1.98. The lowest BCUT2D eigenvalue weighted by Crippen LogP contribution is -1.84. The molecule has 68 valence electrons. The second-order valence-corrected chi connectivity index (χ2v) is 6.34. The molecule has 13 heavy (non-hydrogen) atoms. The zero-order valence-corrected chi connectivity index (χ0v) is 9.42. The van der Waals surface area contributed by atoms with E-state index in [4.69, 9.17) is 0 Å². The molecule has 2 rings (SSSR count). The lowest BCUT2D eigenvalue weighted by atomic mass is 10.7. The molecule has 0 radical (unpaired) electrons. The molecule has 2 heterocycles. The van der Waals surface area contributed by atoms with Gasteiger partial charge in [0, 0.05) is 0 Å². The molecule has 6 heteroatoms. The molecule has 0 aromatic rings. The summed E-state index contributed by atoms with van der Waals surface area (Å²) in [7, 11) is 0. The van der Waals surface area contributed by atoms with Gasteiger partial charge < -0.3 is 0 Å². The van der Waals surface area contributed by atoms with Gasteiger partial charge in [-0.2, -0.15) is 4.39 Å². The molecule has 2 aliphatic rings. The summed E-state index contributed by atoms with van der Waals surface area (Å²) in [5, 5.41) is 5.52. The van der Waals surface area contributed by atoms with Gasteiger partial charge in [-0.25, -0.2) is 0 Å². The first kappa shape index (κ1) is 9.76. The Morgan fingerprint density at radius 3 is 2.38 bits per heavy atom. The summed E-state index contributed by atoms with van der Waals surface area (Å²) in [4.78, 5) is 10.6. The van der Waals surface area contributed by atoms with Crippen molar-refractivity contribution in [3.8, 4) is 0 Å². The monoisotopic (exact) mass is 250 g/mol. The van der Waals surface area contributed by atoms with E-state index in [1.54, 1.807) is 28.9 Å². The standard InChI is InChI=1S/C7H3FOS4/c8-5(9)4-3-12-7(13-4)6-10-1-2-11-6/h1-3H. The number of rotatable bonds is 1. The van der Waals surface area contributed by atoms with Crippen LogP contribution in [0.15, 0.2) is 29.6 Å². The van der Waals surface area contributed by atoms with Crippen LogP contribution >= 0.6 is 47.0 Å². The first-order chi connectivity index (χ1) is 6.27. The quantitative estimate of drug-likeness (QED) is 0.655. The molecule has 2 aliphatic heterocycles. The molecule has 0 unspecified atom stereocenters. The minimum Gasteiger partial charge on any atom is -0.255 e. The Morgan fingerprint density at radius 1 is 1.15 bits per heavy atom. The third kappa shape index (κ3) is 2.18. The molecule has 0 bridgehead atoms. The molecule has 0 aliphatic carbocycles. The number of halogens is 1. The normalized spacial score (nSPS) is 21.2. The second kappa shape index (κ2) is 4.16. The van der Waals surface area contributed by atoms with Crippen molar-refractivity contribution in [2.24, 2.45) is 0 Å². The van der Waals surface area contributed by atoms with Gasteiger partial charge in [-0.15, -0.1) is 0 Å². The van der Waals surface area contributed by atoms with Crippen molar-refractivity contribution in [3.63, 3.8) is 0 Å². The number of allylic oxidation sites excluding steroid dienone is 1. The van der Waals surface area contributed by atoms with Gasteiger partial charge in [0.15, 0.2) is 0 Å². The van der Waals surface area contributed by atoms with Crippen LogP contribution in [0.3, 0.4) is 0 Å². The predicted molar refractivity (Wildman–Crippen MR) is 60.7 cm³/mol. The van der Waals surface area contributed by atoms with Gasteiger partial charge in [0.05, 0.1) is 13.4 Å². The van der Waals surface area contributed by atoms with Crippen LogP contribution in [-0.4, -0.2) is 6.04 Å². The highest BCUT2D eigenvalue weighted by molar-refractivity contribution is 8.33. The summed E-state index contributed by atoms with van der Waals surface area (Å²) in [6.07, 6.45) is 0. The molecule has 0 N–H and O–H groups in total. The van der Waals surface area contributed by atoms with Crippen LogP contribution in [0.2, 0.25) is 0 Å². The Labute approximate surface area is 91.7 Å². The minimum absolute atomic E-state index is 0.195. The topological polar surface area (TPSA) is 17.1 Å². The predicted octanol–water partition coefficient (Wildman–Crippen LogP) is 3.88. The van der Waals surface area contributed by atoms with Crippen LogP contribution in [0.4, 0.5) is 4.39 Å². The summed E-state index contributed by atoms with van der Waals surface area (Å²) < 4.78 is 14.4. The van der Waals surface area contributed by atoms with E-state index >= 15 is 0 Å². The zero-order valence-electron chi connectivity index (χ0n) is 6.15. The Hall–Kier alpha value is 0.220. The van der Waals surface area contributed by atoms with E-state index in [-0.39, 0.29) is 4.91 Å². The van der Waals surface area contributed by atoms with Crippen LogP contribution in [0.25, 0.3) is 0 Å². The van der Waals surface area contributed by atoms with E-state index in [1.165, 1.54) is 23.5 Å². The smallest absolute Gasteiger partial charge is 0.255 e. The summed E-state index contributed by atoms with van der Waals surface area (Å²) in [6.45, 7) is 0. The summed E-state index contributed by atoms with van der Waals surface area (Å²) in [5.74, 6) is 0. The Balaban J connectivity index is 2.10. The van der Waals surface area contributed by atoms with Crippen molar-refractivity contribution in [3.05, 3.63) is 29.6 Å². The number of carbonyl (C=O) groups excluding carboxylic acids is 1. The number of carbonyl (C=O) groups is 1. The fourth-order valence-electron chi connectivity index (χ4n) is 0.734. The van der Waals surface area contributed by atoms with Gasteiger partial charge in [-0.1, -0.05) is 47.0 Å². The highest BCUT2D eigenvalue weighted by Gasteiger charge is 2.22. The molecular formula is C7H3FOS4. The summed E-state index contributed by atoms with van der Waals surface area (Å²) >= 11 is 5.84. The van der Waals surface area contributed by atoms with Crippen molar-refractivity contribution in [2.75, 3.05) is 0 Å². The van der Waals surface area contributed by atoms with Crippen LogP contribution in [-0.2, 0) is 4.79 Å². The van der Waals surface area contributed by atoms with Gasteiger partial charge >= 0.3 is 6.04 Å². The Morgan fingerprint density at radius 2 is 1.85 bits per heavy atom. The maximum Gasteiger partial charge on any atom is 0.339 e. The number of hydrogen-bond acceptors (Lipinski definition) is 5. The fourth-order valence-corrected chi connectivity index (χ4v) is 5.00. The first-order valence-corrected chi connectivity index (χ1v) is 6.70. The maximum atomic E-state index is 12.3. The van der Waals surface area contributed by atoms with E-state index in [2.05, 4.69) is 0 Å². The molecule has 0 saturated heterocycles. The third-order valence-electron chi connectivity index (χ3n) is 1.24. The van der Waals surface area contributed by atoms with Gasteiger partial charge in [0.2, 0.25) is 0 Å². The zero-order chi connectivity index (χ0) is 9.26. The lowest BCUT2D eigenvalue weighted by molar-refractivity contribution is -0.124. The Kier molecular flexibility index (Phi) is 3.13. The molecule has 0 saturated carbocycles. The molecule has 0 aromatic heterocycles. The minimum atomic E-state index is -1.34. The number of thioether (sulfide) groups is 4. The van der Waals surface area contributed by atoms with Crippen molar-refractivity contribution in [2.45, 2.75) is 0 Å². The average molecular weight is 250 g/mol. The van der Waals surface area contributed by atoms with Crippen LogP contribution < -0.4 is 0 Å². The van der Waals surface area contributed by atoms with Crippen molar-refractivity contribution < 1.29 is 9.18 Å². The van der Waals surface area contributed by atoms with E-state index < -0.39 is 6.04 Å². The fraction of sp³-hybridized carbons (Fsp3) is 0. The van der Waals surface area contributed by atoms with Crippen molar-refractivity contribution in [1.29, 1.82) is 0 Å². The molecular weight excluding hydrogens is 247 g/mol. The van der Waals surface area contributed by atoms with Crippen LogP contribution in [0, 0.1) is 0 Å². The average Bonchev–Trinajstić information content (AvgIpc) is 2.75. The van der Waals surface area contributed by atoms with E-state index in [1.807, 2.05) is 10.8 Å². The molecule has 0 atom stereocenters. The highest BCUT2D eigenvalue weighted by atomic mass is 32.2. The molecule has 1 nitrogen and oxygen atoms in total. The van der Waals surface area contributed by atoms with Crippen molar-refractivity contribution >= 4 is 53.1 Å². The Bertz CT molecular complexity index is 334. The van der Waals surface area contributed by atoms with Crippen molar-refractivity contribution in [1.82, 2.24) is 0 Å². The summed E-state index contributed by atoms with van der Waals surface area (Å²) in [6, 6.07) is -1.34. The second-order valence-electron chi connectivity index (χ2n) is 2.06. The van der Waals surface area contributed by atoms with Gasteiger partial charge in [0.1, 0.15) is 0 Å². The SMILES string of the molecule is O=C(F)C1=CSC(=C2SC=CS2)S1. The van der Waals surface area contributed by atoms with E-state index in [9.17, 15) is 9.18 Å². The first-order valence-electron chi connectivity index (χ1n) is 3.24.